The van der Waals surface area contributed by atoms with Gasteiger partial charge < -0.3 is 9.47 Å². The average molecular weight is 746 g/mol. The zero-order valence-electron chi connectivity index (χ0n) is 19.4. The minimum atomic E-state index is -8.75. The van der Waals surface area contributed by atoms with Gasteiger partial charge in [0.25, 0.3) is 0 Å². The van der Waals surface area contributed by atoms with Crippen molar-refractivity contribution in [1.29, 1.82) is 0 Å². The van der Waals surface area contributed by atoms with Crippen molar-refractivity contribution in [1.82, 2.24) is 0 Å². The summed E-state index contributed by atoms with van der Waals surface area (Å²) < 4.78 is 235. The molecule has 0 aromatic carbocycles. The van der Waals surface area contributed by atoms with Gasteiger partial charge in [-0.3, -0.25) is 9.59 Å². The SMILES string of the molecule is CCOC(=O)C(I)CC(CC(F)(F)C(F)(F)C(F)(F)C(F)(F)C(F)(F)C(F)(F)C(F)(F)C(F)(F)F)C(=O)OCC. The van der Waals surface area contributed by atoms with Crippen LogP contribution >= 0.6 is 22.6 Å². The van der Waals surface area contributed by atoms with E-state index in [1.165, 1.54) is 6.92 Å². The molecule has 0 spiro atoms. The maximum absolute atomic E-state index is 14.3. The van der Waals surface area contributed by atoms with Crippen LogP contribution in [-0.2, 0) is 19.1 Å². The summed E-state index contributed by atoms with van der Waals surface area (Å²) >= 11 is 1.07. The molecule has 22 heteroatoms. The van der Waals surface area contributed by atoms with Crippen LogP contribution in [0.5, 0.6) is 0 Å². The first kappa shape index (κ1) is 38.5. The lowest BCUT2D eigenvalue weighted by Crippen LogP contribution is -2.74. The van der Waals surface area contributed by atoms with Crippen molar-refractivity contribution < 1.29 is 93.7 Å². The second-order valence-corrected chi connectivity index (χ2v) is 9.26. The van der Waals surface area contributed by atoms with E-state index in [4.69, 9.17) is 0 Å². The van der Waals surface area contributed by atoms with E-state index in [0.29, 0.717) is 0 Å². The van der Waals surface area contributed by atoms with Gasteiger partial charge in [0.1, 0.15) is 3.92 Å². The van der Waals surface area contributed by atoms with Crippen molar-refractivity contribution >= 4 is 34.5 Å². The fraction of sp³-hybridized carbons (Fsp3) is 0.889. The quantitative estimate of drug-likeness (QED) is 0.0810. The Morgan fingerprint density at radius 1 is 0.575 bits per heavy atom. The van der Waals surface area contributed by atoms with Gasteiger partial charge >= 0.3 is 59.6 Å². The van der Waals surface area contributed by atoms with Crippen LogP contribution in [0.15, 0.2) is 0 Å². The Labute approximate surface area is 226 Å². The number of carbonyl (C=O) groups is 2. The van der Waals surface area contributed by atoms with E-state index in [9.17, 15) is 84.2 Å². The maximum Gasteiger partial charge on any atom is 0.460 e. The lowest BCUT2D eigenvalue weighted by Gasteiger charge is -2.43. The smallest absolute Gasteiger partial charge is 0.460 e. The lowest BCUT2D eigenvalue weighted by atomic mass is 9.85. The van der Waals surface area contributed by atoms with Gasteiger partial charge in [0.2, 0.25) is 0 Å². The van der Waals surface area contributed by atoms with E-state index in [1.807, 2.05) is 0 Å². The lowest BCUT2D eigenvalue weighted by molar-refractivity contribution is -0.462. The van der Waals surface area contributed by atoms with Crippen LogP contribution in [-0.4, -0.2) is 76.7 Å². The molecule has 0 aliphatic heterocycles. The van der Waals surface area contributed by atoms with Gasteiger partial charge in [-0.15, -0.1) is 0 Å². The molecule has 0 aromatic heterocycles. The van der Waals surface area contributed by atoms with Crippen LogP contribution in [0.3, 0.4) is 0 Å². The molecule has 2 unspecified atom stereocenters. The molecular formula is C18H16F17IO4. The summed E-state index contributed by atoms with van der Waals surface area (Å²) in [4.78, 5) is 23.5. The summed E-state index contributed by atoms with van der Waals surface area (Å²) in [7, 11) is 0. The molecule has 0 fully saturated rings. The number of esters is 2. The van der Waals surface area contributed by atoms with Gasteiger partial charge in [-0.05, 0) is 20.3 Å². The molecule has 0 aliphatic rings. The second kappa shape index (κ2) is 12.0. The average Bonchev–Trinajstić information content (AvgIpc) is 2.77. The van der Waals surface area contributed by atoms with E-state index in [1.54, 1.807) is 0 Å². The molecule has 0 rings (SSSR count). The van der Waals surface area contributed by atoms with Crippen LogP contribution < -0.4 is 0 Å². The summed E-state index contributed by atoms with van der Waals surface area (Å²) in [5, 5.41) is 0. The third-order valence-corrected chi connectivity index (χ3v) is 5.96. The van der Waals surface area contributed by atoms with Gasteiger partial charge in [0.05, 0.1) is 19.1 Å². The summed E-state index contributed by atoms with van der Waals surface area (Å²) in [5.74, 6) is -63.6. The van der Waals surface area contributed by atoms with Crippen molar-refractivity contribution in [3.05, 3.63) is 0 Å². The molecule has 0 aliphatic carbocycles. The fourth-order valence-corrected chi connectivity index (χ4v) is 3.53. The van der Waals surface area contributed by atoms with Crippen LogP contribution in [0.25, 0.3) is 0 Å². The normalized spacial score (nSPS) is 16.4. The predicted octanol–water partition coefficient (Wildman–Crippen LogP) is 7.32. The van der Waals surface area contributed by atoms with Gasteiger partial charge in [-0.1, -0.05) is 22.6 Å². The van der Waals surface area contributed by atoms with E-state index in [2.05, 4.69) is 9.47 Å². The van der Waals surface area contributed by atoms with Crippen LogP contribution in [0.1, 0.15) is 26.7 Å². The molecule has 0 N–H and O–H groups in total. The van der Waals surface area contributed by atoms with Gasteiger partial charge in [0.15, 0.2) is 0 Å². The highest BCUT2D eigenvalue weighted by Gasteiger charge is 2.95. The van der Waals surface area contributed by atoms with Crippen molar-refractivity contribution in [2.75, 3.05) is 13.2 Å². The Hall–Kier alpha value is -1.52. The van der Waals surface area contributed by atoms with Crippen LogP contribution in [0.4, 0.5) is 74.6 Å². The molecule has 40 heavy (non-hydrogen) atoms. The number of hydrogen-bond donors (Lipinski definition) is 0. The Bertz CT molecular complexity index is 903. The number of halogens is 18. The first-order valence-electron chi connectivity index (χ1n) is 10.1. The number of carbonyl (C=O) groups excluding carboxylic acids is 2. The molecule has 0 saturated heterocycles. The summed E-state index contributed by atoms with van der Waals surface area (Å²) in [6, 6.07) is 0. The summed E-state index contributed by atoms with van der Waals surface area (Å²) in [6.07, 6.45) is -12.2. The fourth-order valence-electron chi connectivity index (χ4n) is 2.74. The Kier molecular flexibility index (Phi) is 11.5. The zero-order valence-corrected chi connectivity index (χ0v) is 21.6. The summed E-state index contributed by atoms with van der Waals surface area (Å²) in [6.45, 7) is 1.11. The standard InChI is InChI=1S/C18H16F17IO4/c1-3-39-9(37)7(5-8(36)10(38)40-4-2)6-11(19,20)12(21,22)13(23,24)14(25,26)15(27,28)16(29,30)17(31,32)18(33,34)35/h7-8H,3-6H2,1-2H3. The van der Waals surface area contributed by atoms with Crippen molar-refractivity contribution in [2.45, 2.75) is 78.2 Å². The molecule has 0 heterocycles. The third kappa shape index (κ3) is 6.43. The molecule has 0 aromatic rings. The Morgan fingerprint density at radius 3 is 1.25 bits per heavy atom. The van der Waals surface area contributed by atoms with E-state index in [0.717, 1.165) is 29.5 Å². The van der Waals surface area contributed by atoms with Crippen LogP contribution in [0.2, 0.25) is 0 Å². The highest BCUT2D eigenvalue weighted by atomic mass is 127. The van der Waals surface area contributed by atoms with E-state index >= 15 is 0 Å². The Balaban J connectivity index is 6.72. The molecule has 0 bridgehead atoms. The third-order valence-electron chi connectivity index (χ3n) is 4.94. The monoisotopic (exact) mass is 746 g/mol. The molecule has 238 valence electrons. The van der Waals surface area contributed by atoms with E-state index in [-0.39, 0.29) is 6.61 Å². The van der Waals surface area contributed by atoms with Crippen molar-refractivity contribution in [2.24, 2.45) is 5.92 Å². The number of rotatable bonds is 14. The van der Waals surface area contributed by atoms with Crippen molar-refractivity contribution in [3.8, 4) is 0 Å². The highest BCUT2D eigenvalue weighted by molar-refractivity contribution is 14.1. The Morgan fingerprint density at radius 2 is 0.900 bits per heavy atom. The first-order valence-corrected chi connectivity index (χ1v) is 11.4. The minimum absolute atomic E-state index is 0.371. The number of ether oxygens (including phenoxy) is 2. The summed E-state index contributed by atoms with van der Waals surface area (Å²) in [5.41, 5.74) is 0. The number of alkyl halides is 18. The van der Waals surface area contributed by atoms with Gasteiger partial charge in [-0.2, -0.15) is 74.6 Å². The molecule has 0 saturated carbocycles. The largest absolute Gasteiger partial charge is 0.466 e. The highest BCUT2D eigenvalue weighted by Crippen LogP contribution is 2.64. The van der Waals surface area contributed by atoms with Gasteiger partial charge in [-0.25, -0.2) is 0 Å². The maximum atomic E-state index is 14.3. The van der Waals surface area contributed by atoms with Crippen LogP contribution in [0, 0.1) is 5.92 Å². The molecular weight excluding hydrogens is 730 g/mol. The van der Waals surface area contributed by atoms with Crippen molar-refractivity contribution in [3.63, 3.8) is 0 Å². The molecule has 0 amide bonds. The number of hydrogen-bond acceptors (Lipinski definition) is 4. The zero-order chi connectivity index (χ0) is 32.6. The minimum Gasteiger partial charge on any atom is -0.466 e. The van der Waals surface area contributed by atoms with Gasteiger partial charge in [0, 0.05) is 6.42 Å². The topological polar surface area (TPSA) is 52.6 Å². The first-order chi connectivity index (χ1) is 17.5. The molecule has 0 radical (unpaired) electrons. The molecule has 4 nitrogen and oxygen atoms in total. The molecule has 2 atom stereocenters. The predicted molar refractivity (Wildman–Crippen MR) is 104 cm³/mol. The van der Waals surface area contributed by atoms with E-state index < -0.39 is 88.9 Å². The second-order valence-electron chi connectivity index (χ2n) is 7.76.